The quantitative estimate of drug-likeness (QED) is 0.657. The van der Waals surface area contributed by atoms with Gasteiger partial charge < -0.3 is 9.84 Å². The molecule has 96 valence electrons. The van der Waals surface area contributed by atoms with Crippen LogP contribution in [-0.2, 0) is 14.3 Å². The number of carboxylic acids is 1. The molecule has 1 fully saturated rings. The van der Waals surface area contributed by atoms with E-state index in [1.54, 1.807) is 13.0 Å². The van der Waals surface area contributed by atoms with Crippen molar-refractivity contribution in [2.24, 2.45) is 5.41 Å². The second kappa shape index (κ2) is 4.40. The van der Waals surface area contributed by atoms with E-state index in [2.05, 4.69) is 0 Å². The highest BCUT2D eigenvalue weighted by Gasteiger charge is 2.68. The van der Waals surface area contributed by atoms with Crippen molar-refractivity contribution in [1.82, 2.24) is 0 Å². The molecule has 1 aromatic carbocycles. The number of carbonyl (C=O) groups is 2. The van der Waals surface area contributed by atoms with Crippen LogP contribution in [0.2, 0.25) is 0 Å². The third-order valence-electron chi connectivity index (χ3n) is 3.26. The topological polar surface area (TPSA) is 63.6 Å². The molecule has 1 aromatic rings. The molecule has 2 unspecified atom stereocenters. The third-order valence-corrected chi connectivity index (χ3v) is 3.26. The van der Waals surface area contributed by atoms with Crippen molar-refractivity contribution in [3.8, 4) is 0 Å². The smallest absolute Gasteiger partial charge is 0.324 e. The summed E-state index contributed by atoms with van der Waals surface area (Å²) in [6, 6.07) is 5.90. The Morgan fingerprint density at radius 3 is 2.72 bits per heavy atom. The van der Waals surface area contributed by atoms with E-state index in [1.165, 1.54) is 18.2 Å². The molecule has 1 N–H and O–H groups in total. The van der Waals surface area contributed by atoms with Gasteiger partial charge in [0.15, 0.2) is 5.41 Å². The second-order valence-corrected chi connectivity index (χ2v) is 4.28. The lowest BCUT2D eigenvalue weighted by Gasteiger charge is -2.11. The van der Waals surface area contributed by atoms with E-state index in [1.807, 2.05) is 0 Å². The first-order valence-electron chi connectivity index (χ1n) is 5.69. The average Bonchev–Trinajstić information content (AvgIpc) is 3.06. The Hall–Kier alpha value is -1.91. The van der Waals surface area contributed by atoms with Crippen molar-refractivity contribution in [2.75, 3.05) is 6.61 Å². The zero-order chi connectivity index (χ0) is 13.3. The van der Waals surface area contributed by atoms with Gasteiger partial charge in [0, 0.05) is 5.92 Å². The van der Waals surface area contributed by atoms with Crippen molar-refractivity contribution in [3.05, 3.63) is 35.6 Å². The summed E-state index contributed by atoms with van der Waals surface area (Å²) in [5.74, 6) is -3.18. The summed E-state index contributed by atoms with van der Waals surface area (Å²) in [6.45, 7) is 1.71. The number of aliphatic carboxylic acids is 1. The van der Waals surface area contributed by atoms with Crippen molar-refractivity contribution in [2.45, 2.75) is 19.3 Å². The molecule has 1 aliphatic carbocycles. The molecule has 0 amide bonds. The molecule has 2 atom stereocenters. The largest absolute Gasteiger partial charge is 0.480 e. The molecule has 0 heterocycles. The molecule has 0 aromatic heterocycles. The Balaban J connectivity index is 2.31. The zero-order valence-electron chi connectivity index (χ0n) is 9.85. The zero-order valence-corrected chi connectivity index (χ0v) is 9.85. The van der Waals surface area contributed by atoms with Crippen LogP contribution in [0.3, 0.4) is 0 Å². The van der Waals surface area contributed by atoms with Crippen LogP contribution in [-0.4, -0.2) is 23.7 Å². The normalized spacial score (nSPS) is 25.6. The molecular weight excluding hydrogens is 239 g/mol. The van der Waals surface area contributed by atoms with Crippen molar-refractivity contribution in [1.29, 1.82) is 0 Å². The molecule has 0 radical (unpaired) electrons. The average molecular weight is 252 g/mol. The number of ether oxygens (including phenoxy) is 1. The fraction of sp³-hybridized carbons (Fsp3) is 0.385. The van der Waals surface area contributed by atoms with E-state index in [0.717, 1.165) is 0 Å². The number of esters is 1. The molecule has 1 saturated carbocycles. The third kappa shape index (κ3) is 1.75. The Bertz CT molecular complexity index is 500. The van der Waals surface area contributed by atoms with Gasteiger partial charge in [0.25, 0.3) is 0 Å². The molecule has 2 rings (SSSR count). The number of hydrogen-bond donors (Lipinski definition) is 1. The highest BCUT2D eigenvalue weighted by atomic mass is 19.1. The van der Waals surface area contributed by atoms with Crippen molar-refractivity contribution < 1.29 is 23.8 Å². The minimum atomic E-state index is -1.61. The predicted octanol–water partition coefficient (Wildman–Crippen LogP) is 1.95. The Morgan fingerprint density at radius 1 is 1.50 bits per heavy atom. The first kappa shape index (κ1) is 12.5. The van der Waals surface area contributed by atoms with Crippen LogP contribution >= 0.6 is 0 Å². The lowest BCUT2D eigenvalue weighted by atomic mass is 9.99. The fourth-order valence-corrected chi connectivity index (χ4v) is 2.21. The van der Waals surface area contributed by atoms with Gasteiger partial charge in [-0.05, 0) is 25.0 Å². The van der Waals surface area contributed by atoms with Gasteiger partial charge in [-0.3, -0.25) is 9.59 Å². The number of hydrogen-bond acceptors (Lipinski definition) is 3. The maximum atomic E-state index is 13.6. The highest BCUT2D eigenvalue weighted by molar-refractivity contribution is 6.04. The van der Waals surface area contributed by atoms with E-state index in [-0.39, 0.29) is 18.6 Å². The Labute approximate surface area is 103 Å². The summed E-state index contributed by atoms with van der Waals surface area (Å²) < 4.78 is 18.4. The molecule has 0 saturated heterocycles. The first-order chi connectivity index (χ1) is 8.54. The SMILES string of the molecule is CCOC(=O)C1(C(=O)O)CC1c1ccccc1F. The number of carboxylic acid groups (broad SMARTS) is 1. The summed E-state index contributed by atoms with van der Waals surface area (Å²) in [7, 11) is 0. The number of carbonyl (C=O) groups excluding carboxylic acids is 1. The summed E-state index contributed by atoms with van der Waals surface area (Å²) in [5.41, 5.74) is -1.36. The molecule has 0 bridgehead atoms. The van der Waals surface area contributed by atoms with Gasteiger partial charge in [-0.1, -0.05) is 18.2 Å². The maximum Gasteiger partial charge on any atom is 0.324 e. The monoisotopic (exact) mass is 252 g/mol. The number of halogens is 1. The van der Waals surface area contributed by atoms with E-state index in [0.29, 0.717) is 0 Å². The van der Waals surface area contributed by atoms with Crippen LogP contribution in [0, 0.1) is 11.2 Å². The van der Waals surface area contributed by atoms with Crippen molar-refractivity contribution >= 4 is 11.9 Å². The summed E-state index contributed by atoms with van der Waals surface area (Å²) in [4.78, 5) is 23.0. The molecular formula is C13H13FO4. The van der Waals surface area contributed by atoms with E-state index < -0.39 is 29.1 Å². The van der Waals surface area contributed by atoms with Crippen LogP contribution in [0.4, 0.5) is 4.39 Å². The minimum absolute atomic E-state index is 0.0854. The van der Waals surface area contributed by atoms with Crippen LogP contribution in [0.15, 0.2) is 24.3 Å². The Morgan fingerprint density at radius 2 is 2.17 bits per heavy atom. The van der Waals surface area contributed by atoms with E-state index >= 15 is 0 Å². The van der Waals surface area contributed by atoms with Gasteiger partial charge >= 0.3 is 11.9 Å². The lowest BCUT2D eigenvalue weighted by Crippen LogP contribution is -2.29. The molecule has 0 spiro atoms. The van der Waals surface area contributed by atoms with E-state index in [9.17, 15) is 19.1 Å². The molecule has 5 heteroatoms. The number of benzene rings is 1. The summed E-state index contributed by atoms with van der Waals surface area (Å²) >= 11 is 0. The van der Waals surface area contributed by atoms with Crippen LogP contribution in [0.5, 0.6) is 0 Å². The molecule has 0 aliphatic heterocycles. The van der Waals surface area contributed by atoms with Crippen LogP contribution in [0.25, 0.3) is 0 Å². The lowest BCUT2D eigenvalue weighted by molar-refractivity contribution is -0.161. The van der Waals surface area contributed by atoms with Crippen LogP contribution < -0.4 is 0 Å². The first-order valence-corrected chi connectivity index (χ1v) is 5.69. The molecule has 1 aliphatic rings. The standard InChI is InChI=1S/C13H13FO4/c1-2-18-12(17)13(11(15)16)7-9(13)8-5-3-4-6-10(8)14/h3-6,9H,2,7H2,1H3,(H,15,16). The maximum absolute atomic E-state index is 13.6. The van der Waals surface area contributed by atoms with E-state index in [4.69, 9.17) is 4.74 Å². The van der Waals surface area contributed by atoms with Gasteiger partial charge in [0.1, 0.15) is 5.82 Å². The van der Waals surface area contributed by atoms with Gasteiger partial charge in [-0.2, -0.15) is 0 Å². The van der Waals surface area contributed by atoms with Gasteiger partial charge in [0.05, 0.1) is 6.61 Å². The molecule has 4 nitrogen and oxygen atoms in total. The summed E-state index contributed by atoms with van der Waals surface area (Å²) in [5, 5.41) is 9.20. The fourth-order valence-electron chi connectivity index (χ4n) is 2.21. The molecule has 18 heavy (non-hydrogen) atoms. The number of rotatable bonds is 4. The second-order valence-electron chi connectivity index (χ2n) is 4.28. The minimum Gasteiger partial charge on any atom is -0.480 e. The van der Waals surface area contributed by atoms with Gasteiger partial charge in [-0.15, -0.1) is 0 Å². The van der Waals surface area contributed by atoms with Gasteiger partial charge in [-0.25, -0.2) is 4.39 Å². The van der Waals surface area contributed by atoms with Crippen LogP contribution in [0.1, 0.15) is 24.8 Å². The van der Waals surface area contributed by atoms with Gasteiger partial charge in [0.2, 0.25) is 0 Å². The highest BCUT2D eigenvalue weighted by Crippen LogP contribution is 2.60. The predicted molar refractivity (Wildman–Crippen MR) is 60.5 cm³/mol. The Kier molecular flexibility index (Phi) is 3.07. The van der Waals surface area contributed by atoms with Crippen molar-refractivity contribution in [3.63, 3.8) is 0 Å². The summed E-state index contributed by atoms with van der Waals surface area (Å²) in [6.07, 6.45) is 0.0854.